The number of carbonyl (C=O) groups excluding carboxylic acids is 1. The molecule has 5 heterocycles. The van der Waals surface area contributed by atoms with Crippen molar-refractivity contribution in [3.8, 4) is 11.3 Å². The van der Waals surface area contributed by atoms with Crippen LogP contribution in [0.2, 0.25) is 0 Å². The fourth-order valence-corrected chi connectivity index (χ4v) is 6.17. The first-order chi connectivity index (χ1) is 19.0. The van der Waals surface area contributed by atoms with Crippen molar-refractivity contribution in [2.75, 3.05) is 62.7 Å². The number of fused-ring (bicyclic) bond motifs is 1. The van der Waals surface area contributed by atoms with Gasteiger partial charge in [0.1, 0.15) is 11.6 Å². The summed E-state index contributed by atoms with van der Waals surface area (Å²) < 4.78 is 15.3. The summed E-state index contributed by atoms with van der Waals surface area (Å²) in [4.78, 5) is 30.4. The minimum absolute atomic E-state index is 0.258. The molecule has 39 heavy (non-hydrogen) atoms. The molecule has 2 fully saturated rings. The summed E-state index contributed by atoms with van der Waals surface area (Å²) in [5, 5.41) is 7.85. The zero-order valence-electron chi connectivity index (χ0n) is 22.4. The number of aromatic nitrogens is 4. The number of thiazole rings is 1. The van der Waals surface area contributed by atoms with E-state index >= 15 is 0 Å². The Morgan fingerprint density at radius 3 is 2.51 bits per heavy atom. The van der Waals surface area contributed by atoms with Gasteiger partial charge in [-0.05, 0) is 49.2 Å². The van der Waals surface area contributed by atoms with E-state index in [1.54, 1.807) is 23.5 Å². The van der Waals surface area contributed by atoms with Gasteiger partial charge >= 0.3 is 0 Å². The highest BCUT2D eigenvalue weighted by Gasteiger charge is 2.24. The second kappa shape index (κ2) is 10.9. The Morgan fingerprint density at radius 1 is 1.00 bits per heavy atom. The highest BCUT2D eigenvalue weighted by atomic mass is 32.1. The zero-order chi connectivity index (χ0) is 26.9. The maximum absolute atomic E-state index is 13.4. The van der Waals surface area contributed by atoms with E-state index < -0.39 is 0 Å². The van der Waals surface area contributed by atoms with Crippen LogP contribution in [0.15, 0.2) is 41.8 Å². The first kappa shape index (κ1) is 25.7. The number of imidazole rings is 1. The smallest absolute Gasteiger partial charge is 0.222 e. The number of rotatable bonds is 8. The Bertz CT molecular complexity index is 1460. The standard InChI is InChI=1S/C28H33FN8OS/c1-3-22-27(33(2)28-31-23(19-39-28)20-6-8-21(29)9-7-20)37-24(30-22)10-11-25(32-37)35-16-13-34(14-17-35)15-18-36-12-4-5-26(36)38/h6-11,19H,3-5,12-18H2,1-2H3. The topological polar surface area (TPSA) is 73.1 Å². The van der Waals surface area contributed by atoms with Gasteiger partial charge in [0.15, 0.2) is 16.6 Å². The first-order valence-corrected chi connectivity index (χ1v) is 14.5. The van der Waals surface area contributed by atoms with Crippen LogP contribution in [0, 0.1) is 5.82 Å². The van der Waals surface area contributed by atoms with Crippen molar-refractivity contribution >= 4 is 39.7 Å². The second-order valence-electron chi connectivity index (χ2n) is 10.1. The number of nitrogens with zero attached hydrogens (tertiary/aromatic N) is 8. The molecule has 0 aliphatic carbocycles. The van der Waals surface area contributed by atoms with Gasteiger partial charge in [0.2, 0.25) is 5.91 Å². The molecule has 3 aromatic heterocycles. The van der Waals surface area contributed by atoms with Crippen molar-refractivity contribution in [2.24, 2.45) is 0 Å². The molecule has 204 valence electrons. The Labute approximate surface area is 231 Å². The van der Waals surface area contributed by atoms with E-state index in [9.17, 15) is 9.18 Å². The monoisotopic (exact) mass is 548 g/mol. The predicted octanol–water partition coefficient (Wildman–Crippen LogP) is 4.07. The quantitative estimate of drug-likeness (QED) is 0.329. The van der Waals surface area contributed by atoms with Gasteiger partial charge in [0.25, 0.3) is 0 Å². The van der Waals surface area contributed by atoms with E-state index in [4.69, 9.17) is 15.1 Å². The van der Waals surface area contributed by atoms with Gasteiger partial charge < -0.3 is 14.7 Å². The van der Waals surface area contributed by atoms with Crippen LogP contribution >= 0.6 is 11.3 Å². The van der Waals surface area contributed by atoms with Crippen LogP contribution in [0.1, 0.15) is 25.5 Å². The summed E-state index contributed by atoms with van der Waals surface area (Å²) in [6.45, 7) is 8.43. The molecule has 4 aromatic rings. The van der Waals surface area contributed by atoms with Crippen LogP contribution < -0.4 is 9.80 Å². The van der Waals surface area contributed by atoms with Gasteiger partial charge in [0.05, 0.1) is 11.4 Å². The van der Waals surface area contributed by atoms with E-state index in [1.807, 2.05) is 32.8 Å². The Balaban J connectivity index is 1.19. The highest BCUT2D eigenvalue weighted by molar-refractivity contribution is 7.14. The molecule has 6 rings (SSSR count). The third-order valence-corrected chi connectivity index (χ3v) is 8.55. The predicted molar refractivity (Wildman–Crippen MR) is 152 cm³/mol. The molecule has 9 nitrogen and oxygen atoms in total. The largest absolute Gasteiger partial charge is 0.353 e. The number of hydrogen-bond donors (Lipinski definition) is 0. The molecule has 1 aromatic carbocycles. The molecule has 2 aliphatic heterocycles. The van der Waals surface area contributed by atoms with Gasteiger partial charge in [-0.1, -0.05) is 6.92 Å². The number of amides is 1. The lowest BCUT2D eigenvalue weighted by atomic mass is 10.2. The number of aryl methyl sites for hydroxylation is 1. The van der Waals surface area contributed by atoms with Gasteiger partial charge in [-0.15, -0.1) is 16.4 Å². The lowest BCUT2D eigenvalue weighted by Gasteiger charge is -2.36. The van der Waals surface area contributed by atoms with E-state index in [1.165, 1.54) is 12.1 Å². The van der Waals surface area contributed by atoms with Crippen LogP contribution in [0.3, 0.4) is 0 Å². The first-order valence-electron chi connectivity index (χ1n) is 13.6. The van der Waals surface area contributed by atoms with Crippen LogP contribution in [-0.2, 0) is 11.2 Å². The molecule has 2 aliphatic rings. The maximum Gasteiger partial charge on any atom is 0.222 e. The molecule has 0 radical (unpaired) electrons. The van der Waals surface area contributed by atoms with E-state index in [0.717, 1.165) is 98.0 Å². The third kappa shape index (κ3) is 5.20. The summed E-state index contributed by atoms with van der Waals surface area (Å²) in [6, 6.07) is 10.5. The summed E-state index contributed by atoms with van der Waals surface area (Å²) in [5.41, 5.74) is 3.46. The summed E-state index contributed by atoms with van der Waals surface area (Å²) in [7, 11) is 1.99. The molecule has 0 N–H and O–H groups in total. The van der Waals surface area contributed by atoms with Gasteiger partial charge in [-0.25, -0.2) is 14.4 Å². The fourth-order valence-electron chi connectivity index (χ4n) is 5.36. The number of anilines is 3. The number of hydrogen-bond acceptors (Lipinski definition) is 8. The highest BCUT2D eigenvalue weighted by Crippen LogP contribution is 2.33. The SMILES string of the molecule is CCc1nc2ccc(N3CCN(CCN4CCCC4=O)CC3)nn2c1N(C)c1nc(-c2ccc(F)cc2)cs1. The Morgan fingerprint density at radius 2 is 1.79 bits per heavy atom. The number of benzene rings is 1. The van der Waals surface area contributed by atoms with Crippen molar-refractivity contribution in [2.45, 2.75) is 26.2 Å². The van der Waals surface area contributed by atoms with Gasteiger partial charge in [-0.3, -0.25) is 9.69 Å². The molecule has 0 atom stereocenters. The van der Waals surface area contributed by atoms with Gasteiger partial charge in [-0.2, -0.15) is 4.52 Å². The lowest BCUT2D eigenvalue weighted by molar-refractivity contribution is -0.127. The summed E-state index contributed by atoms with van der Waals surface area (Å²) in [5.74, 6) is 1.87. The van der Waals surface area contributed by atoms with Gasteiger partial charge in [0, 0.05) is 70.2 Å². The average molecular weight is 549 g/mol. The Hall–Kier alpha value is -3.57. The maximum atomic E-state index is 13.4. The molecular formula is C28H33FN8OS. The zero-order valence-corrected chi connectivity index (χ0v) is 23.2. The van der Waals surface area contributed by atoms with Crippen molar-refractivity contribution in [3.63, 3.8) is 0 Å². The molecule has 0 saturated carbocycles. The van der Waals surface area contributed by atoms with Crippen LogP contribution in [-0.4, -0.2) is 88.2 Å². The third-order valence-electron chi connectivity index (χ3n) is 7.63. The summed E-state index contributed by atoms with van der Waals surface area (Å²) >= 11 is 1.54. The fraction of sp³-hybridized carbons (Fsp3) is 0.429. The molecule has 0 bridgehead atoms. The van der Waals surface area contributed by atoms with Crippen molar-refractivity contribution in [3.05, 3.63) is 53.3 Å². The molecule has 11 heteroatoms. The van der Waals surface area contributed by atoms with E-state index in [2.05, 4.69) is 22.8 Å². The van der Waals surface area contributed by atoms with E-state index in [-0.39, 0.29) is 5.82 Å². The number of carbonyl (C=O) groups is 1. The molecule has 0 unspecified atom stereocenters. The van der Waals surface area contributed by atoms with Crippen molar-refractivity contribution in [1.82, 2.24) is 29.4 Å². The van der Waals surface area contributed by atoms with Crippen LogP contribution in [0.4, 0.5) is 21.2 Å². The minimum atomic E-state index is -0.258. The van der Waals surface area contributed by atoms with Crippen LogP contribution in [0.5, 0.6) is 0 Å². The number of likely N-dealkylation sites (tertiary alicyclic amines) is 1. The van der Waals surface area contributed by atoms with Crippen molar-refractivity contribution < 1.29 is 9.18 Å². The number of piperazine rings is 1. The number of halogens is 1. The molecule has 2 saturated heterocycles. The minimum Gasteiger partial charge on any atom is -0.353 e. The lowest BCUT2D eigenvalue weighted by Crippen LogP contribution is -2.49. The molecule has 1 amide bonds. The normalized spacial score (nSPS) is 16.5. The van der Waals surface area contributed by atoms with Crippen molar-refractivity contribution in [1.29, 1.82) is 0 Å². The second-order valence-corrected chi connectivity index (χ2v) is 10.9. The van der Waals surface area contributed by atoms with Crippen LogP contribution in [0.25, 0.3) is 16.9 Å². The summed E-state index contributed by atoms with van der Waals surface area (Å²) in [6.07, 6.45) is 2.46. The molecular weight excluding hydrogens is 515 g/mol. The molecule has 0 spiro atoms. The average Bonchev–Trinajstić information content (AvgIpc) is 3.70. The Kier molecular flexibility index (Phi) is 7.18. The van der Waals surface area contributed by atoms with E-state index in [0.29, 0.717) is 12.3 Å².